The van der Waals surface area contributed by atoms with Crippen LogP contribution < -0.4 is 11.5 Å². The molecule has 0 aliphatic carbocycles. The number of halogens is 4. The molecule has 0 fully saturated rings. The van der Waals surface area contributed by atoms with Gasteiger partial charge in [-0.05, 0) is 17.7 Å². The summed E-state index contributed by atoms with van der Waals surface area (Å²) >= 11 is 0. The molecule has 0 saturated heterocycles. The van der Waals surface area contributed by atoms with Crippen LogP contribution in [0.2, 0.25) is 0 Å². The number of alkyl halides is 3. The van der Waals surface area contributed by atoms with Crippen molar-refractivity contribution in [2.24, 2.45) is 16.5 Å². The number of carbonyl (C=O) groups is 1. The zero-order valence-electron chi connectivity index (χ0n) is 10.4. The lowest BCUT2D eigenvalue weighted by atomic mass is 10.1. The number of guanidine groups is 1. The number of aliphatic imine (C=N–C) groups is 1. The van der Waals surface area contributed by atoms with E-state index in [0.29, 0.717) is 12.1 Å². The normalized spacial score (nSPS) is 11.1. The summed E-state index contributed by atoms with van der Waals surface area (Å²) in [5.74, 6) is -1.84. The van der Waals surface area contributed by atoms with Gasteiger partial charge in [0.1, 0.15) is 5.82 Å². The molecular weight excluding hydrogens is 280 g/mol. The Labute approximate surface area is 111 Å². The lowest BCUT2D eigenvalue weighted by Crippen LogP contribution is -2.30. The second-order valence-corrected chi connectivity index (χ2v) is 3.99. The lowest BCUT2D eigenvalue weighted by molar-refractivity contribution is -0.140. The molecule has 9 heteroatoms. The highest BCUT2D eigenvalue weighted by Crippen LogP contribution is 2.32. The zero-order chi connectivity index (χ0) is 15.5. The van der Waals surface area contributed by atoms with Crippen LogP contribution in [0.4, 0.5) is 22.4 Å². The summed E-state index contributed by atoms with van der Waals surface area (Å²) < 4.78 is 50.6. The van der Waals surface area contributed by atoms with Crippen LogP contribution in [-0.4, -0.2) is 23.9 Å². The van der Waals surface area contributed by atoms with Gasteiger partial charge in [0.05, 0.1) is 5.56 Å². The quantitative estimate of drug-likeness (QED) is 0.494. The van der Waals surface area contributed by atoms with Crippen LogP contribution in [0.15, 0.2) is 23.2 Å². The molecule has 110 valence electrons. The average Bonchev–Trinajstić information content (AvgIpc) is 2.29. The first kappa shape index (κ1) is 15.7. The summed E-state index contributed by atoms with van der Waals surface area (Å²) in [6, 6.07) is 1.65. The van der Waals surface area contributed by atoms with E-state index in [4.69, 9.17) is 11.5 Å². The van der Waals surface area contributed by atoms with Crippen molar-refractivity contribution < 1.29 is 22.4 Å². The number of nitrogens with two attached hydrogens (primary N) is 2. The molecule has 1 rings (SSSR count). The maximum Gasteiger partial charge on any atom is 0.419 e. The highest BCUT2D eigenvalue weighted by atomic mass is 19.4. The summed E-state index contributed by atoms with van der Waals surface area (Å²) in [6.07, 6.45) is -4.80. The molecule has 0 unspecified atom stereocenters. The molecule has 0 aliphatic rings. The van der Waals surface area contributed by atoms with Crippen molar-refractivity contribution >= 4 is 12.0 Å². The minimum absolute atomic E-state index is 0.0976. The zero-order valence-corrected chi connectivity index (χ0v) is 10.4. The fraction of sp³-hybridized carbons (Fsp3) is 0.273. The van der Waals surface area contributed by atoms with Gasteiger partial charge in [-0.1, -0.05) is 6.07 Å². The van der Waals surface area contributed by atoms with E-state index in [0.717, 1.165) is 11.0 Å². The van der Waals surface area contributed by atoms with E-state index < -0.39 is 29.5 Å². The van der Waals surface area contributed by atoms with Crippen LogP contribution in [0.25, 0.3) is 0 Å². The van der Waals surface area contributed by atoms with Crippen LogP contribution in [0, 0.1) is 5.82 Å². The van der Waals surface area contributed by atoms with Gasteiger partial charge in [0, 0.05) is 13.6 Å². The Balaban J connectivity index is 2.94. The number of nitrogens with zero attached hydrogens (tertiary/aromatic N) is 2. The average molecular weight is 292 g/mol. The fourth-order valence-corrected chi connectivity index (χ4v) is 1.43. The number of rotatable bonds is 2. The molecular formula is C11H12F4N4O. The van der Waals surface area contributed by atoms with Crippen LogP contribution in [-0.2, 0) is 12.7 Å². The number of hydrogen-bond acceptors (Lipinski definition) is 1. The highest BCUT2D eigenvalue weighted by Gasteiger charge is 2.34. The van der Waals surface area contributed by atoms with Crippen molar-refractivity contribution in [2.45, 2.75) is 12.7 Å². The molecule has 1 aromatic rings. The van der Waals surface area contributed by atoms with Gasteiger partial charge in [-0.2, -0.15) is 18.2 Å². The van der Waals surface area contributed by atoms with Gasteiger partial charge in [-0.15, -0.1) is 0 Å². The van der Waals surface area contributed by atoms with Gasteiger partial charge in [0.2, 0.25) is 0 Å². The number of carbonyl (C=O) groups excluding carboxylic acids is 1. The minimum atomic E-state index is -4.80. The van der Waals surface area contributed by atoms with E-state index in [1.165, 1.54) is 7.05 Å². The molecule has 0 saturated carbocycles. The predicted octanol–water partition coefficient (Wildman–Crippen LogP) is 1.67. The molecule has 0 aromatic heterocycles. The first-order valence-corrected chi connectivity index (χ1v) is 5.31. The molecule has 1 aromatic carbocycles. The Morgan fingerprint density at radius 1 is 1.35 bits per heavy atom. The fourth-order valence-electron chi connectivity index (χ4n) is 1.43. The molecule has 0 bridgehead atoms. The Kier molecular flexibility index (Phi) is 4.53. The van der Waals surface area contributed by atoms with Crippen LogP contribution in [0.1, 0.15) is 11.1 Å². The first-order valence-electron chi connectivity index (χ1n) is 5.31. The molecule has 0 spiro atoms. The molecule has 4 N–H and O–H groups in total. The van der Waals surface area contributed by atoms with Crippen molar-refractivity contribution in [1.82, 2.24) is 4.90 Å². The van der Waals surface area contributed by atoms with Crippen LogP contribution in [0.3, 0.4) is 0 Å². The van der Waals surface area contributed by atoms with Crippen molar-refractivity contribution in [3.05, 3.63) is 35.1 Å². The van der Waals surface area contributed by atoms with Crippen LogP contribution in [0.5, 0.6) is 0 Å². The van der Waals surface area contributed by atoms with Gasteiger partial charge < -0.3 is 16.4 Å². The number of hydrogen-bond donors (Lipinski definition) is 2. The Bertz CT molecular complexity index is 538. The second kappa shape index (κ2) is 5.76. The van der Waals surface area contributed by atoms with Gasteiger partial charge in [0.25, 0.3) is 0 Å². The summed E-state index contributed by atoms with van der Waals surface area (Å²) in [5, 5.41) is 0. The Morgan fingerprint density at radius 3 is 2.45 bits per heavy atom. The monoisotopic (exact) mass is 292 g/mol. The molecule has 0 heterocycles. The molecule has 0 aliphatic heterocycles. The van der Waals surface area contributed by atoms with Crippen molar-refractivity contribution in [1.29, 1.82) is 0 Å². The summed E-state index contributed by atoms with van der Waals surface area (Å²) in [4.78, 5) is 15.6. The number of benzene rings is 1. The van der Waals surface area contributed by atoms with Gasteiger partial charge in [-0.3, -0.25) is 0 Å². The lowest BCUT2D eigenvalue weighted by Gasteiger charge is -2.16. The predicted molar refractivity (Wildman–Crippen MR) is 64.1 cm³/mol. The number of amides is 2. The van der Waals surface area contributed by atoms with Gasteiger partial charge in [-0.25, -0.2) is 9.18 Å². The summed E-state index contributed by atoms with van der Waals surface area (Å²) in [5.41, 5.74) is 8.72. The van der Waals surface area contributed by atoms with E-state index in [1.807, 2.05) is 0 Å². The van der Waals surface area contributed by atoms with Crippen molar-refractivity contribution in [2.75, 3.05) is 7.05 Å². The second-order valence-electron chi connectivity index (χ2n) is 3.99. The Hall–Kier alpha value is -2.32. The SMILES string of the molecule is CN(Cc1ccc(F)c(C(F)(F)F)c1)C(=O)N=C(N)N. The third-order valence-corrected chi connectivity index (χ3v) is 2.31. The third-order valence-electron chi connectivity index (χ3n) is 2.31. The largest absolute Gasteiger partial charge is 0.419 e. The minimum Gasteiger partial charge on any atom is -0.370 e. The topological polar surface area (TPSA) is 84.7 Å². The molecule has 0 atom stereocenters. The summed E-state index contributed by atoms with van der Waals surface area (Å²) in [7, 11) is 1.30. The molecule has 20 heavy (non-hydrogen) atoms. The smallest absolute Gasteiger partial charge is 0.370 e. The standard InChI is InChI=1S/C11H12F4N4O/c1-19(10(20)18-9(16)17)5-6-2-3-8(12)7(4-6)11(13,14)15/h2-4H,5H2,1H3,(H4,16,17,18,20). The van der Waals surface area contributed by atoms with Crippen LogP contribution >= 0.6 is 0 Å². The molecule has 0 radical (unpaired) electrons. The summed E-state index contributed by atoms with van der Waals surface area (Å²) in [6.45, 7) is -0.195. The first-order chi connectivity index (χ1) is 9.11. The number of urea groups is 1. The molecule has 5 nitrogen and oxygen atoms in total. The van der Waals surface area contributed by atoms with Gasteiger partial charge >= 0.3 is 12.2 Å². The van der Waals surface area contributed by atoms with Gasteiger partial charge in [0.15, 0.2) is 5.96 Å². The van der Waals surface area contributed by atoms with Crippen molar-refractivity contribution in [3.8, 4) is 0 Å². The van der Waals surface area contributed by atoms with E-state index >= 15 is 0 Å². The van der Waals surface area contributed by atoms with E-state index in [-0.39, 0.29) is 12.1 Å². The maximum absolute atomic E-state index is 13.1. The van der Waals surface area contributed by atoms with E-state index in [2.05, 4.69) is 4.99 Å². The molecule has 2 amide bonds. The van der Waals surface area contributed by atoms with E-state index in [1.54, 1.807) is 0 Å². The van der Waals surface area contributed by atoms with E-state index in [9.17, 15) is 22.4 Å². The van der Waals surface area contributed by atoms with Crippen molar-refractivity contribution in [3.63, 3.8) is 0 Å². The Morgan fingerprint density at radius 2 is 1.95 bits per heavy atom. The maximum atomic E-state index is 13.1. The third kappa shape index (κ3) is 4.11. The highest BCUT2D eigenvalue weighted by molar-refractivity contribution is 5.90.